The molecule has 1 atom stereocenters. The van der Waals surface area contributed by atoms with Gasteiger partial charge in [0.05, 0.1) is 6.10 Å². The summed E-state index contributed by atoms with van der Waals surface area (Å²) in [4.78, 5) is 14.0. The van der Waals surface area contributed by atoms with E-state index in [0.29, 0.717) is 25.4 Å². The lowest BCUT2D eigenvalue weighted by Gasteiger charge is -2.16. The molecule has 0 saturated heterocycles. The number of aliphatic hydroxyl groups is 1. The molecule has 1 aromatic rings. The number of carbonyl (C=O) groups excluding carboxylic acids is 1. The molecule has 0 fully saturated rings. The Morgan fingerprint density at radius 2 is 2.00 bits per heavy atom. The molecule has 1 heterocycles. The minimum Gasteiger partial charge on any atom is -0.388 e. The molecule has 0 aliphatic carbocycles. The van der Waals surface area contributed by atoms with E-state index in [9.17, 15) is 9.90 Å². The van der Waals surface area contributed by atoms with Gasteiger partial charge in [0.2, 0.25) is 5.91 Å². The molecular weight excluding hydrogens is 238 g/mol. The largest absolute Gasteiger partial charge is 0.388 e. The van der Waals surface area contributed by atoms with Crippen LogP contribution < -0.4 is 0 Å². The summed E-state index contributed by atoms with van der Waals surface area (Å²) >= 11 is 0. The first kappa shape index (κ1) is 14.1. The summed E-state index contributed by atoms with van der Waals surface area (Å²) in [6, 6.07) is 6.07. The second-order valence-electron chi connectivity index (χ2n) is 5.80. The normalized spacial score (nSPS) is 15.7. The van der Waals surface area contributed by atoms with Crippen LogP contribution in [0.1, 0.15) is 56.4 Å². The molecule has 1 unspecified atom stereocenters. The van der Waals surface area contributed by atoms with Gasteiger partial charge in [-0.15, -0.1) is 0 Å². The number of benzene rings is 1. The van der Waals surface area contributed by atoms with Crippen molar-refractivity contribution in [3.05, 3.63) is 34.9 Å². The van der Waals surface area contributed by atoms with E-state index in [4.69, 9.17) is 0 Å². The van der Waals surface area contributed by atoms with Gasteiger partial charge in [-0.05, 0) is 29.0 Å². The summed E-state index contributed by atoms with van der Waals surface area (Å²) in [6.07, 6.45) is 0.929. The molecule has 1 aliphatic heterocycles. The van der Waals surface area contributed by atoms with Crippen molar-refractivity contribution in [3.8, 4) is 0 Å². The van der Waals surface area contributed by atoms with Gasteiger partial charge in [-0.3, -0.25) is 4.79 Å². The molecule has 0 radical (unpaired) electrons. The van der Waals surface area contributed by atoms with Crippen LogP contribution in [0.2, 0.25) is 0 Å². The lowest BCUT2D eigenvalue weighted by molar-refractivity contribution is -0.132. The van der Waals surface area contributed by atoms with Crippen molar-refractivity contribution in [2.24, 2.45) is 5.92 Å². The Bertz CT molecular complexity index is 468. The molecule has 0 spiro atoms. The van der Waals surface area contributed by atoms with Crippen LogP contribution in [-0.2, 0) is 17.9 Å². The molecule has 104 valence electrons. The van der Waals surface area contributed by atoms with Crippen molar-refractivity contribution in [1.82, 2.24) is 4.90 Å². The van der Waals surface area contributed by atoms with Crippen molar-refractivity contribution in [2.45, 2.75) is 52.8 Å². The van der Waals surface area contributed by atoms with Gasteiger partial charge in [0.15, 0.2) is 0 Å². The van der Waals surface area contributed by atoms with Crippen LogP contribution in [0, 0.1) is 5.92 Å². The predicted molar refractivity (Wildman–Crippen MR) is 75.4 cm³/mol. The highest BCUT2D eigenvalue weighted by atomic mass is 16.3. The van der Waals surface area contributed by atoms with Crippen molar-refractivity contribution >= 4 is 5.91 Å². The molecule has 0 aromatic heterocycles. The number of carbonyl (C=O) groups is 1. The molecule has 19 heavy (non-hydrogen) atoms. The second-order valence-corrected chi connectivity index (χ2v) is 5.80. The van der Waals surface area contributed by atoms with E-state index in [1.165, 1.54) is 11.1 Å². The molecular formula is C16H23NO2. The quantitative estimate of drug-likeness (QED) is 0.905. The van der Waals surface area contributed by atoms with Gasteiger partial charge in [0.1, 0.15) is 0 Å². The van der Waals surface area contributed by atoms with Crippen LogP contribution >= 0.6 is 0 Å². The number of amides is 1. The van der Waals surface area contributed by atoms with Crippen LogP contribution in [0.15, 0.2) is 18.2 Å². The van der Waals surface area contributed by atoms with Crippen LogP contribution in [0.3, 0.4) is 0 Å². The van der Waals surface area contributed by atoms with E-state index in [1.54, 1.807) is 0 Å². The van der Waals surface area contributed by atoms with E-state index >= 15 is 0 Å². The second kappa shape index (κ2) is 5.74. The van der Waals surface area contributed by atoms with Gasteiger partial charge in [-0.2, -0.15) is 0 Å². The Labute approximate surface area is 115 Å². The van der Waals surface area contributed by atoms with Crippen LogP contribution in [0.4, 0.5) is 0 Å². The first-order chi connectivity index (χ1) is 9.01. The van der Waals surface area contributed by atoms with Crippen molar-refractivity contribution in [2.75, 3.05) is 0 Å². The van der Waals surface area contributed by atoms with E-state index in [-0.39, 0.29) is 5.91 Å². The Morgan fingerprint density at radius 1 is 1.32 bits per heavy atom. The van der Waals surface area contributed by atoms with Crippen LogP contribution in [0.25, 0.3) is 0 Å². The highest BCUT2D eigenvalue weighted by Gasteiger charge is 2.24. The van der Waals surface area contributed by atoms with Gasteiger partial charge >= 0.3 is 0 Å². The van der Waals surface area contributed by atoms with Gasteiger partial charge in [0, 0.05) is 19.5 Å². The maximum atomic E-state index is 12.1. The summed E-state index contributed by atoms with van der Waals surface area (Å²) in [5.41, 5.74) is 3.35. The fraction of sp³-hybridized carbons (Fsp3) is 0.562. The fourth-order valence-corrected chi connectivity index (χ4v) is 2.51. The molecule has 0 bridgehead atoms. The average Bonchev–Trinajstić information content (AvgIpc) is 2.79. The van der Waals surface area contributed by atoms with E-state index in [0.717, 1.165) is 12.0 Å². The molecule has 3 heteroatoms. The Hall–Kier alpha value is -1.35. The van der Waals surface area contributed by atoms with Gasteiger partial charge in [-0.25, -0.2) is 0 Å². The summed E-state index contributed by atoms with van der Waals surface area (Å²) in [5, 5.41) is 9.87. The third-order valence-electron chi connectivity index (χ3n) is 3.66. The minimum atomic E-state index is -0.397. The zero-order chi connectivity index (χ0) is 14.0. The fourth-order valence-electron chi connectivity index (χ4n) is 2.51. The summed E-state index contributed by atoms with van der Waals surface area (Å²) in [7, 11) is 0. The first-order valence-corrected chi connectivity index (χ1v) is 7.08. The maximum absolute atomic E-state index is 12.1. The third-order valence-corrected chi connectivity index (χ3v) is 3.66. The highest BCUT2D eigenvalue weighted by molar-refractivity contribution is 5.77. The molecule has 1 N–H and O–H groups in total. The van der Waals surface area contributed by atoms with E-state index in [1.807, 2.05) is 30.0 Å². The van der Waals surface area contributed by atoms with Gasteiger partial charge < -0.3 is 10.0 Å². The molecule has 3 nitrogen and oxygen atoms in total. The smallest absolute Gasteiger partial charge is 0.223 e. The Kier molecular flexibility index (Phi) is 4.25. The molecule has 0 saturated carbocycles. The Balaban J connectivity index is 2.10. The van der Waals surface area contributed by atoms with Gasteiger partial charge in [-0.1, -0.05) is 39.0 Å². The molecule has 1 amide bonds. The lowest BCUT2D eigenvalue weighted by atomic mass is 10.0. The zero-order valence-corrected chi connectivity index (χ0v) is 12.0. The summed E-state index contributed by atoms with van der Waals surface area (Å²) in [5.74, 6) is 0.623. The minimum absolute atomic E-state index is 0.226. The number of nitrogens with zero attached hydrogens (tertiary/aromatic N) is 1. The highest BCUT2D eigenvalue weighted by Crippen LogP contribution is 2.27. The monoisotopic (exact) mass is 261 g/mol. The first-order valence-electron chi connectivity index (χ1n) is 7.08. The topological polar surface area (TPSA) is 40.5 Å². The van der Waals surface area contributed by atoms with Crippen molar-refractivity contribution in [1.29, 1.82) is 0 Å². The average molecular weight is 261 g/mol. The summed E-state index contributed by atoms with van der Waals surface area (Å²) < 4.78 is 0. The SMILES string of the molecule is CCC(O)c1ccc2c(c1)CN(C(=O)CC(C)C)C2. The van der Waals surface area contributed by atoms with E-state index < -0.39 is 6.10 Å². The van der Waals surface area contributed by atoms with Gasteiger partial charge in [0.25, 0.3) is 0 Å². The molecule has 1 aromatic carbocycles. The summed E-state index contributed by atoms with van der Waals surface area (Å²) in [6.45, 7) is 7.50. The Morgan fingerprint density at radius 3 is 2.63 bits per heavy atom. The molecule has 2 rings (SSSR count). The lowest BCUT2D eigenvalue weighted by Crippen LogP contribution is -2.26. The number of hydrogen-bond donors (Lipinski definition) is 1. The number of aliphatic hydroxyl groups excluding tert-OH is 1. The standard InChI is InChI=1S/C16H23NO2/c1-4-15(18)12-5-6-13-9-17(10-14(13)8-12)16(19)7-11(2)3/h5-6,8,11,15,18H,4,7,9-10H2,1-3H3. The predicted octanol–water partition coefficient (Wildman–Crippen LogP) is 3.02. The van der Waals surface area contributed by atoms with Crippen LogP contribution in [0.5, 0.6) is 0 Å². The molecule has 1 aliphatic rings. The number of rotatable bonds is 4. The van der Waals surface area contributed by atoms with Crippen molar-refractivity contribution < 1.29 is 9.90 Å². The van der Waals surface area contributed by atoms with Crippen LogP contribution in [-0.4, -0.2) is 15.9 Å². The zero-order valence-electron chi connectivity index (χ0n) is 12.0. The van der Waals surface area contributed by atoms with E-state index in [2.05, 4.69) is 13.8 Å². The maximum Gasteiger partial charge on any atom is 0.223 e. The van der Waals surface area contributed by atoms with Crippen molar-refractivity contribution in [3.63, 3.8) is 0 Å². The number of hydrogen-bond acceptors (Lipinski definition) is 2. The number of fused-ring (bicyclic) bond motifs is 1. The third kappa shape index (κ3) is 3.16.